The fourth-order valence-electron chi connectivity index (χ4n) is 2.01. The molecule has 0 spiro atoms. The van der Waals surface area contributed by atoms with E-state index in [0.29, 0.717) is 5.56 Å². The number of fused-ring (bicyclic) bond motifs is 1. The van der Waals surface area contributed by atoms with Crippen molar-refractivity contribution in [2.75, 3.05) is 0 Å². The predicted octanol–water partition coefficient (Wildman–Crippen LogP) is 2.33. The first-order valence-electron chi connectivity index (χ1n) is 5.58. The summed E-state index contributed by atoms with van der Waals surface area (Å²) in [6, 6.07) is 11.1. The van der Waals surface area contributed by atoms with Crippen LogP contribution in [0.15, 0.2) is 48.8 Å². The Morgan fingerprint density at radius 1 is 1.17 bits per heavy atom. The van der Waals surface area contributed by atoms with Crippen LogP contribution in [0.4, 0.5) is 0 Å². The van der Waals surface area contributed by atoms with Crippen molar-refractivity contribution in [3.8, 4) is 11.1 Å². The number of rotatable bonds is 2. The van der Waals surface area contributed by atoms with Crippen molar-refractivity contribution in [2.45, 2.75) is 0 Å². The Kier molecular flexibility index (Phi) is 2.34. The lowest BCUT2D eigenvalue weighted by Gasteiger charge is -2.00. The summed E-state index contributed by atoms with van der Waals surface area (Å²) in [4.78, 5) is 18.4. The van der Waals surface area contributed by atoms with Crippen LogP contribution in [0.3, 0.4) is 0 Å². The van der Waals surface area contributed by atoms with E-state index < -0.39 is 5.91 Å². The number of aromatic nitrogens is 2. The van der Waals surface area contributed by atoms with Crippen LogP contribution in [0.1, 0.15) is 10.4 Å². The first-order valence-corrected chi connectivity index (χ1v) is 5.58. The van der Waals surface area contributed by atoms with Crippen LogP contribution in [0.2, 0.25) is 0 Å². The van der Waals surface area contributed by atoms with Gasteiger partial charge in [0.25, 0.3) is 0 Å². The molecule has 3 rings (SSSR count). The van der Waals surface area contributed by atoms with Crippen molar-refractivity contribution in [1.82, 2.24) is 9.97 Å². The summed E-state index contributed by atoms with van der Waals surface area (Å²) in [5.74, 6) is -0.415. The maximum Gasteiger partial charge on any atom is 0.248 e. The van der Waals surface area contributed by atoms with E-state index >= 15 is 0 Å². The summed E-state index contributed by atoms with van der Waals surface area (Å²) in [5, 5.41) is 1.06. The molecule has 0 bridgehead atoms. The number of carbonyl (C=O) groups excluding carboxylic acids is 1. The molecular weight excluding hydrogens is 226 g/mol. The number of benzene rings is 1. The average Bonchev–Trinajstić information content (AvgIpc) is 2.82. The van der Waals surface area contributed by atoms with Gasteiger partial charge in [-0.1, -0.05) is 12.1 Å². The Labute approximate surface area is 103 Å². The van der Waals surface area contributed by atoms with Gasteiger partial charge in [-0.15, -0.1) is 0 Å². The third kappa shape index (κ3) is 1.64. The SMILES string of the molecule is NC(=O)c1ccc(-c2c[nH]c3ncccc23)cc1. The molecule has 88 valence electrons. The molecule has 0 saturated heterocycles. The number of carbonyl (C=O) groups is 1. The molecule has 1 amide bonds. The highest BCUT2D eigenvalue weighted by Crippen LogP contribution is 2.27. The van der Waals surface area contributed by atoms with E-state index in [0.717, 1.165) is 22.2 Å². The number of nitrogens with two attached hydrogens (primary N) is 1. The van der Waals surface area contributed by atoms with Crippen LogP contribution in [-0.4, -0.2) is 15.9 Å². The van der Waals surface area contributed by atoms with Crippen LogP contribution < -0.4 is 5.73 Å². The lowest BCUT2D eigenvalue weighted by atomic mass is 10.0. The minimum atomic E-state index is -0.415. The molecule has 2 aromatic heterocycles. The van der Waals surface area contributed by atoms with Gasteiger partial charge in [-0.3, -0.25) is 4.79 Å². The number of H-pyrrole nitrogens is 1. The Morgan fingerprint density at radius 3 is 2.67 bits per heavy atom. The fourth-order valence-corrected chi connectivity index (χ4v) is 2.01. The minimum Gasteiger partial charge on any atom is -0.366 e. The fraction of sp³-hybridized carbons (Fsp3) is 0. The first kappa shape index (κ1) is 10.5. The second-order valence-corrected chi connectivity index (χ2v) is 4.04. The number of primary amides is 1. The molecule has 0 unspecified atom stereocenters. The summed E-state index contributed by atoms with van der Waals surface area (Å²) in [6.45, 7) is 0. The number of hydrogen-bond acceptors (Lipinski definition) is 2. The van der Waals surface area contributed by atoms with Gasteiger partial charge in [0.1, 0.15) is 5.65 Å². The molecule has 0 radical (unpaired) electrons. The molecule has 2 heterocycles. The topological polar surface area (TPSA) is 71.8 Å². The standard InChI is InChI=1S/C14H11N3O/c15-13(18)10-5-3-9(4-6-10)12-8-17-14-11(12)2-1-7-16-14/h1-8H,(H2,15,18)(H,16,17). The quantitative estimate of drug-likeness (QED) is 0.718. The van der Waals surface area contributed by atoms with Gasteiger partial charge in [0, 0.05) is 28.9 Å². The van der Waals surface area contributed by atoms with Crippen molar-refractivity contribution in [3.63, 3.8) is 0 Å². The lowest BCUT2D eigenvalue weighted by molar-refractivity contribution is 0.100. The van der Waals surface area contributed by atoms with Crippen LogP contribution in [0, 0.1) is 0 Å². The third-order valence-corrected chi connectivity index (χ3v) is 2.93. The van der Waals surface area contributed by atoms with E-state index in [1.807, 2.05) is 30.5 Å². The monoisotopic (exact) mass is 237 g/mol. The van der Waals surface area contributed by atoms with Gasteiger partial charge in [-0.2, -0.15) is 0 Å². The second-order valence-electron chi connectivity index (χ2n) is 4.04. The van der Waals surface area contributed by atoms with E-state index in [1.165, 1.54) is 0 Å². The van der Waals surface area contributed by atoms with Crippen molar-refractivity contribution < 1.29 is 4.79 Å². The molecule has 0 aliphatic rings. The summed E-state index contributed by atoms with van der Waals surface area (Å²) in [5.41, 5.74) is 8.67. The molecule has 18 heavy (non-hydrogen) atoms. The zero-order valence-corrected chi connectivity index (χ0v) is 9.55. The number of pyridine rings is 1. The van der Waals surface area contributed by atoms with E-state index in [4.69, 9.17) is 5.73 Å². The number of aromatic amines is 1. The molecule has 0 aliphatic heterocycles. The number of nitrogens with zero attached hydrogens (tertiary/aromatic N) is 1. The molecule has 3 aromatic rings. The molecule has 0 saturated carbocycles. The third-order valence-electron chi connectivity index (χ3n) is 2.93. The van der Waals surface area contributed by atoms with Gasteiger partial charge in [0.05, 0.1) is 0 Å². The average molecular weight is 237 g/mol. The van der Waals surface area contributed by atoms with Gasteiger partial charge >= 0.3 is 0 Å². The van der Waals surface area contributed by atoms with Crippen LogP contribution >= 0.6 is 0 Å². The molecule has 4 heteroatoms. The van der Waals surface area contributed by atoms with Crippen molar-refractivity contribution >= 4 is 16.9 Å². The highest BCUT2D eigenvalue weighted by atomic mass is 16.1. The lowest BCUT2D eigenvalue weighted by Crippen LogP contribution is -2.10. The molecule has 0 atom stereocenters. The number of amides is 1. The maximum atomic E-state index is 11.0. The smallest absolute Gasteiger partial charge is 0.248 e. The molecule has 3 N–H and O–H groups in total. The maximum absolute atomic E-state index is 11.0. The predicted molar refractivity (Wildman–Crippen MR) is 70.0 cm³/mol. The molecule has 1 aromatic carbocycles. The van der Waals surface area contributed by atoms with Gasteiger partial charge in [0.2, 0.25) is 5.91 Å². The first-order chi connectivity index (χ1) is 8.75. The van der Waals surface area contributed by atoms with Crippen LogP contribution in [0.25, 0.3) is 22.2 Å². The van der Waals surface area contributed by atoms with Crippen molar-refractivity contribution in [1.29, 1.82) is 0 Å². The molecule has 4 nitrogen and oxygen atoms in total. The minimum absolute atomic E-state index is 0.415. The molecular formula is C14H11N3O. The molecule has 0 fully saturated rings. The normalized spacial score (nSPS) is 10.7. The summed E-state index contributed by atoms with van der Waals surface area (Å²) in [6.07, 6.45) is 3.66. The molecule has 0 aliphatic carbocycles. The van der Waals surface area contributed by atoms with Gasteiger partial charge in [0.15, 0.2) is 0 Å². The highest BCUT2D eigenvalue weighted by molar-refractivity contribution is 5.96. The second kappa shape index (κ2) is 4.00. The Hall–Kier alpha value is -2.62. The summed E-state index contributed by atoms with van der Waals surface area (Å²) in [7, 11) is 0. The zero-order chi connectivity index (χ0) is 12.5. The Bertz CT molecular complexity index is 713. The van der Waals surface area contributed by atoms with Gasteiger partial charge in [-0.05, 0) is 29.8 Å². The zero-order valence-electron chi connectivity index (χ0n) is 9.55. The summed E-state index contributed by atoms with van der Waals surface area (Å²) < 4.78 is 0. The van der Waals surface area contributed by atoms with Gasteiger partial charge in [-0.25, -0.2) is 4.98 Å². The largest absolute Gasteiger partial charge is 0.366 e. The number of nitrogens with one attached hydrogen (secondary N) is 1. The van der Waals surface area contributed by atoms with Crippen molar-refractivity contribution in [2.24, 2.45) is 5.73 Å². The van der Waals surface area contributed by atoms with Crippen molar-refractivity contribution in [3.05, 3.63) is 54.4 Å². The highest BCUT2D eigenvalue weighted by Gasteiger charge is 2.07. The van der Waals surface area contributed by atoms with Crippen LogP contribution in [-0.2, 0) is 0 Å². The Balaban J connectivity index is 2.12. The van der Waals surface area contributed by atoms with E-state index in [2.05, 4.69) is 9.97 Å². The summed E-state index contributed by atoms with van der Waals surface area (Å²) >= 11 is 0. The van der Waals surface area contributed by atoms with E-state index in [-0.39, 0.29) is 0 Å². The number of hydrogen-bond donors (Lipinski definition) is 2. The van der Waals surface area contributed by atoms with Gasteiger partial charge < -0.3 is 10.7 Å². The van der Waals surface area contributed by atoms with Crippen LogP contribution in [0.5, 0.6) is 0 Å². The van der Waals surface area contributed by atoms with E-state index in [9.17, 15) is 4.79 Å². The van der Waals surface area contributed by atoms with E-state index in [1.54, 1.807) is 18.3 Å². The Morgan fingerprint density at radius 2 is 1.94 bits per heavy atom.